The molecule has 0 radical (unpaired) electrons. The molecular formula is C11H15BFNO3. The highest BCUT2D eigenvalue weighted by molar-refractivity contribution is 6.62. The number of halogens is 1. The molecule has 1 aromatic rings. The van der Waals surface area contributed by atoms with Crippen LogP contribution in [0, 0.1) is 5.82 Å². The van der Waals surface area contributed by atoms with Crippen LogP contribution in [0.1, 0.15) is 5.56 Å². The zero-order valence-electron chi connectivity index (χ0n) is 9.49. The van der Waals surface area contributed by atoms with Gasteiger partial charge in [0.1, 0.15) is 5.82 Å². The number of rotatable bonds is 6. The molecule has 1 aliphatic rings. The van der Waals surface area contributed by atoms with Gasteiger partial charge in [-0.15, -0.1) is 0 Å². The van der Waals surface area contributed by atoms with Crippen LogP contribution in [0.3, 0.4) is 0 Å². The van der Waals surface area contributed by atoms with Crippen LogP contribution >= 0.6 is 0 Å². The number of hydrogen-bond acceptors (Lipinski definition) is 4. The third kappa shape index (κ3) is 3.26. The first-order valence-corrected chi connectivity index (χ1v) is 5.64. The molecule has 17 heavy (non-hydrogen) atoms. The van der Waals surface area contributed by atoms with Crippen LogP contribution in [0.2, 0.25) is 0 Å². The number of fused-ring (bicyclic) bond motifs is 1. The minimum atomic E-state index is -0.401. The van der Waals surface area contributed by atoms with E-state index in [-0.39, 0.29) is 12.4 Å². The van der Waals surface area contributed by atoms with Crippen molar-refractivity contribution in [1.29, 1.82) is 0 Å². The lowest BCUT2D eigenvalue weighted by molar-refractivity contribution is 0.209. The van der Waals surface area contributed by atoms with Gasteiger partial charge in [-0.1, -0.05) is 6.07 Å². The first-order valence-electron chi connectivity index (χ1n) is 5.64. The van der Waals surface area contributed by atoms with Gasteiger partial charge in [-0.05, 0) is 23.2 Å². The molecule has 2 N–H and O–H groups in total. The lowest BCUT2D eigenvalue weighted by atomic mass is 9.79. The first-order chi connectivity index (χ1) is 8.31. The van der Waals surface area contributed by atoms with Gasteiger partial charge in [0.2, 0.25) is 0 Å². The zero-order chi connectivity index (χ0) is 12.1. The van der Waals surface area contributed by atoms with Crippen LogP contribution in [-0.4, -0.2) is 38.5 Å². The van der Waals surface area contributed by atoms with Crippen LogP contribution in [0.15, 0.2) is 18.2 Å². The third-order valence-corrected chi connectivity index (χ3v) is 2.59. The van der Waals surface area contributed by atoms with Crippen molar-refractivity contribution in [2.45, 2.75) is 6.61 Å². The quantitative estimate of drug-likeness (QED) is 0.526. The fourth-order valence-corrected chi connectivity index (χ4v) is 1.76. The standard InChI is InChI=1S/C11H15BFNO3/c13-10-1-2-11-9(7-10)8-17-12(11)16-6-4-14-3-5-15/h1-2,7,14-15H,3-6,8H2. The number of aliphatic hydroxyl groups is 1. The highest BCUT2D eigenvalue weighted by Crippen LogP contribution is 2.12. The van der Waals surface area contributed by atoms with E-state index in [9.17, 15) is 4.39 Å². The lowest BCUT2D eigenvalue weighted by Crippen LogP contribution is -2.35. The largest absolute Gasteiger partial charge is 0.494 e. The van der Waals surface area contributed by atoms with Crippen molar-refractivity contribution in [3.05, 3.63) is 29.6 Å². The molecule has 1 heterocycles. The van der Waals surface area contributed by atoms with Gasteiger partial charge in [0, 0.05) is 19.7 Å². The van der Waals surface area contributed by atoms with E-state index in [0.29, 0.717) is 26.3 Å². The predicted molar refractivity (Wildman–Crippen MR) is 62.5 cm³/mol. The number of benzene rings is 1. The minimum Gasteiger partial charge on any atom is -0.406 e. The third-order valence-electron chi connectivity index (χ3n) is 2.59. The molecule has 1 aromatic carbocycles. The Hall–Kier alpha value is -0.945. The fourth-order valence-electron chi connectivity index (χ4n) is 1.76. The van der Waals surface area contributed by atoms with Gasteiger partial charge in [0.05, 0.1) is 13.2 Å². The van der Waals surface area contributed by atoms with Crippen LogP contribution in [0.5, 0.6) is 0 Å². The van der Waals surface area contributed by atoms with Gasteiger partial charge in [-0.3, -0.25) is 0 Å². The van der Waals surface area contributed by atoms with Gasteiger partial charge in [0.15, 0.2) is 0 Å². The topological polar surface area (TPSA) is 50.7 Å². The summed E-state index contributed by atoms with van der Waals surface area (Å²) in [7, 11) is -0.401. The summed E-state index contributed by atoms with van der Waals surface area (Å²) in [6.45, 7) is 2.19. The highest BCUT2D eigenvalue weighted by Gasteiger charge is 2.30. The van der Waals surface area contributed by atoms with Crippen LogP contribution in [0.25, 0.3) is 0 Å². The average Bonchev–Trinajstić information content (AvgIpc) is 2.71. The molecule has 92 valence electrons. The SMILES string of the molecule is OCCNCCOB1OCc2cc(F)ccc21. The molecule has 0 aliphatic carbocycles. The minimum absolute atomic E-state index is 0.113. The Labute approximate surface area is 99.9 Å². The van der Waals surface area contributed by atoms with Gasteiger partial charge in [-0.25, -0.2) is 4.39 Å². The summed E-state index contributed by atoms with van der Waals surface area (Å²) < 4.78 is 23.9. The molecular weight excluding hydrogens is 224 g/mol. The van der Waals surface area contributed by atoms with Gasteiger partial charge in [0.25, 0.3) is 0 Å². The van der Waals surface area contributed by atoms with Crippen molar-refractivity contribution >= 4 is 12.6 Å². The van der Waals surface area contributed by atoms with Gasteiger partial charge < -0.3 is 19.7 Å². The molecule has 0 atom stereocenters. The summed E-state index contributed by atoms with van der Waals surface area (Å²) in [5, 5.41) is 11.6. The van der Waals surface area contributed by atoms with E-state index in [2.05, 4.69) is 5.32 Å². The predicted octanol–water partition coefficient (Wildman–Crippen LogP) is -0.350. The van der Waals surface area contributed by atoms with Crippen molar-refractivity contribution in [2.24, 2.45) is 0 Å². The van der Waals surface area contributed by atoms with Crippen molar-refractivity contribution in [3.8, 4) is 0 Å². The molecule has 0 aromatic heterocycles. The summed E-state index contributed by atoms with van der Waals surface area (Å²) >= 11 is 0. The maximum atomic E-state index is 13.0. The Morgan fingerprint density at radius 1 is 1.47 bits per heavy atom. The Morgan fingerprint density at radius 3 is 3.18 bits per heavy atom. The molecule has 0 saturated carbocycles. The normalized spacial score (nSPS) is 14.1. The summed E-state index contributed by atoms with van der Waals surface area (Å²) in [4.78, 5) is 0. The number of aliphatic hydroxyl groups excluding tert-OH is 1. The molecule has 0 unspecified atom stereocenters. The van der Waals surface area contributed by atoms with Crippen molar-refractivity contribution in [2.75, 3.05) is 26.3 Å². The number of hydrogen-bond donors (Lipinski definition) is 2. The second kappa shape index (κ2) is 6.11. The number of nitrogens with one attached hydrogen (secondary N) is 1. The van der Waals surface area contributed by atoms with Crippen molar-refractivity contribution in [1.82, 2.24) is 5.32 Å². The summed E-state index contributed by atoms with van der Waals surface area (Å²) in [6.07, 6.45) is 0. The molecule has 0 saturated heterocycles. The van der Waals surface area contributed by atoms with Gasteiger partial charge >= 0.3 is 7.12 Å². The van der Waals surface area contributed by atoms with E-state index in [1.54, 1.807) is 6.07 Å². The first kappa shape index (κ1) is 12.5. The van der Waals surface area contributed by atoms with Crippen molar-refractivity contribution in [3.63, 3.8) is 0 Å². The molecule has 4 nitrogen and oxygen atoms in total. The Balaban J connectivity index is 1.81. The van der Waals surface area contributed by atoms with E-state index in [1.165, 1.54) is 12.1 Å². The zero-order valence-corrected chi connectivity index (χ0v) is 9.49. The van der Waals surface area contributed by atoms with Crippen LogP contribution < -0.4 is 10.8 Å². The van der Waals surface area contributed by atoms with E-state index in [1.807, 2.05) is 0 Å². The van der Waals surface area contributed by atoms with E-state index in [4.69, 9.17) is 14.4 Å². The Bertz CT molecular complexity index is 378. The maximum Gasteiger partial charge on any atom is 0.494 e. The molecule has 6 heteroatoms. The van der Waals surface area contributed by atoms with Crippen LogP contribution in [0.4, 0.5) is 4.39 Å². The lowest BCUT2D eigenvalue weighted by Gasteiger charge is -2.08. The molecule has 0 amide bonds. The van der Waals surface area contributed by atoms with E-state index < -0.39 is 7.12 Å². The van der Waals surface area contributed by atoms with E-state index >= 15 is 0 Å². The molecule has 2 rings (SSSR count). The smallest absolute Gasteiger partial charge is 0.406 e. The Kier molecular flexibility index (Phi) is 4.50. The maximum absolute atomic E-state index is 13.0. The average molecular weight is 239 g/mol. The second-order valence-corrected chi connectivity index (χ2v) is 3.83. The fraction of sp³-hybridized carbons (Fsp3) is 0.455. The Morgan fingerprint density at radius 2 is 2.35 bits per heavy atom. The summed E-state index contributed by atoms with van der Waals surface area (Å²) in [5.74, 6) is -0.252. The highest BCUT2D eigenvalue weighted by atomic mass is 19.1. The summed E-state index contributed by atoms with van der Waals surface area (Å²) in [6, 6.07) is 4.58. The summed E-state index contributed by atoms with van der Waals surface area (Å²) in [5.41, 5.74) is 1.74. The monoisotopic (exact) mass is 239 g/mol. The van der Waals surface area contributed by atoms with Crippen LogP contribution in [-0.2, 0) is 15.9 Å². The van der Waals surface area contributed by atoms with Gasteiger partial charge in [-0.2, -0.15) is 0 Å². The molecule has 1 aliphatic heterocycles. The second-order valence-electron chi connectivity index (χ2n) is 3.83. The van der Waals surface area contributed by atoms with E-state index in [0.717, 1.165) is 11.0 Å². The molecule has 0 spiro atoms. The van der Waals surface area contributed by atoms with Crippen molar-refractivity contribution < 1.29 is 18.8 Å². The molecule has 0 bridgehead atoms. The molecule has 0 fully saturated rings.